The Labute approximate surface area is 204 Å². The van der Waals surface area contributed by atoms with Crippen LogP contribution in [0, 0.1) is 13.8 Å². The quantitative estimate of drug-likeness (QED) is 0.349. The normalized spacial score (nSPS) is 11.7. The Balaban J connectivity index is 1.42. The zero-order chi connectivity index (χ0) is 26.0. The number of anilines is 1. The van der Waals surface area contributed by atoms with Crippen LogP contribution >= 0.6 is 0 Å². The molecule has 0 unspecified atom stereocenters. The van der Waals surface area contributed by atoms with E-state index in [0.29, 0.717) is 23.5 Å². The predicted octanol–water partition coefficient (Wildman–Crippen LogP) is 4.44. The number of alkyl halides is 3. The van der Waals surface area contributed by atoms with Gasteiger partial charge in [0.05, 0.1) is 5.69 Å². The Hall–Kier alpha value is -4.02. The number of fused-ring (bicyclic) bond motifs is 2. The topological polar surface area (TPSA) is 89.7 Å². The van der Waals surface area contributed by atoms with E-state index in [1.165, 1.54) is 0 Å². The van der Waals surface area contributed by atoms with Crippen molar-refractivity contribution in [2.45, 2.75) is 39.8 Å². The van der Waals surface area contributed by atoms with E-state index >= 15 is 0 Å². The third-order valence-corrected chi connectivity index (χ3v) is 5.91. The molecular formula is C25H24F3N5O3. The molecule has 4 aromatic rings. The second-order valence-corrected chi connectivity index (χ2v) is 8.20. The van der Waals surface area contributed by atoms with Crippen molar-refractivity contribution < 1.29 is 27.5 Å². The standard InChI is InChI=1S/C25H24F3N5O3/c1-4-32(20-11-7-9-17-8-5-6-10-19(17)20)21(34)14-36-22(35)13-12-18-15(2)29-24-30-23(25(26,27)28)31-33(24)16(18)3/h5-11H,4,12-14H2,1-3H3. The second kappa shape index (κ2) is 9.92. The molecule has 36 heavy (non-hydrogen) atoms. The van der Waals surface area contributed by atoms with Gasteiger partial charge >= 0.3 is 12.1 Å². The number of aryl methyl sites for hydroxylation is 2. The lowest BCUT2D eigenvalue weighted by Crippen LogP contribution is -2.34. The van der Waals surface area contributed by atoms with Crippen LogP contribution in [-0.4, -0.2) is 44.6 Å². The van der Waals surface area contributed by atoms with Gasteiger partial charge in [-0.2, -0.15) is 18.2 Å². The average molecular weight is 499 g/mol. The maximum atomic E-state index is 13.0. The van der Waals surface area contributed by atoms with Gasteiger partial charge in [0.25, 0.3) is 17.5 Å². The lowest BCUT2D eigenvalue weighted by Gasteiger charge is -2.22. The van der Waals surface area contributed by atoms with Gasteiger partial charge in [0.15, 0.2) is 6.61 Å². The van der Waals surface area contributed by atoms with Gasteiger partial charge in [0.2, 0.25) is 0 Å². The average Bonchev–Trinajstić information content (AvgIpc) is 3.28. The molecule has 4 rings (SSSR count). The summed E-state index contributed by atoms with van der Waals surface area (Å²) in [5.41, 5.74) is 2.14. The largest absolute Gasteiger partial charge is 0.456 e. The van der Waals surface area contributed by atoms with E-state index in [1.54, 1.807) is 18.7 Å². The molecule has 0 radical (unpaired) electrons. The van der Waals surface area contributed by atoms with Gasteiger partial charge in [-0.1, -0.05) is 36.4 Å². The number of likely N-dealkylation sites (N-methyl/N-ethyl adjacent to an activating group) is 1. The number of amides is 1. The molecule has 0 aliphatic heterocycles. The highest BCUT2D eigenvalue weighted by Crippen LogP contribution is 2.28. The number of carbonyl (C=O) groups is 2. The van der Waals surface area contributed by atoms with Gasteiger partial charge in [0, 0.05) is 29.7 Å². The van der Waals surface area contributed by atoms with Gasteiger partial charge in [-0.25, -0.2) is 9.50 Å². The third kappa shape index (κ3) is 5.00. The molecule has 0 aliphatic rings. The molecule has 0 bridgehead atoms. The first-order valence-electron chi connectivity index (χ1n) is 11.3. The summed E-state index contributed by atoms with van der Waals surface area (Å²) in [6, 6.07) is 13.4. The summed E-state index contributed by atoms with van der Waals surface area (Å²) < 4.78 is 45.2. The monoisotopic (exact) mass is 499 g/mol. The molecule has 0 aliphatic carbocycles. The van der Waals surface area contributed by atoms with Crippen LogP contribution in [0.15, 0.2) is 42.5 Å². The zero-order valence-corrected chi connectivity index (χ0v) is 20.0. The summed E-state index contributed by atoms with van der Waals surface area (Å²) in [5.74, 6) is -2.41. The number of aromatic nitrogens is 4. The molecule has 0 N–H and O–H groups in total. The van der Waals surface area contributed by atoms with Gasteiger partial charge in [0.1, 0.15) is 0 Å². The number of rotatable bonds is 7. The van der Waals surface area contributed by atoms with E-state index in [4.69, 9.17) is 4.74 Å². The van der Waals surface area contributed by atoms with Crippen molar-refractivity contribution in [2.75, 3.05) is 18.1 Å². The first-order valence-corrected chi connectivity index (χ1v) is 11.3. The molecule has 0 atom stereocenters. The van der Waals surface area contributed by atoms with E-state index in [-0.39, 0.29) is 24.5 Å². The molecule has 11 heteroatoms. The van der Waals surface area contributed by atoms with Crippen LogP contribution in [0.25, 0.3) is 16.6 Å². The molecule has 0 spiro atoms. The summed E-state index contributed by atoms with van der Waals surface area (Å²) in [4.78, 5) is 34.4. The van der Waals surface area contributed by atoms with Crippen LogP contribution in [0.2, 0.25) is 0 Å². The van der Waals surface area contributed by atoms with Crippen molar-refractivity contribution in [3.63, 3.8) is 0 Å². The van der Waals surface area contributed by atoms with Crippen LogP contribution in [-0.2, 0) is 26.9 Å². The number of carbonyl (C=O) groups excluding carboxylic acids is 2. The van der Waals surface area contributed by atoms with Crippen LogP contribution in [0.4, 0.5) is 18.9 Å². The van der Waals surface area contributed by atoms with E-state index < -0.39 is 24.6 Å². The molecule has 1 amide bonds. The number of esters is 1. The minimum absolute atomic E-state index is 0.0800. The van der Waals surface area contributed by atoms with Gasteiger partial charge < -0.3 is 9.64 Å². The van der Waals surface area contributed by atoms with Gasteiger partial charge in [-0.05, 0) is 44.2 Å². The Morgan fingerprint density at radius 2 is 1.78 bits per heavy atom. The van der Waals surface area contributed by atoms with Gasteiger partial charge in [-0.15, -0.1) is 5.10 Å². The van der Waals surface area contributed by atoms with E-state index in [9.17, 15) is 22.8 Å². The Morgan fingerprint density at radius 1 is 1.06 bits per heavy atom. The smallest absolute Gasteiger partial charge is 0.453 e. The summed E-state index contributed by atoms with van der Waals surface area (Å²) in [5, 5.41) is 5.41. The molecule has 0 fully saturated rings. The van der Waals surface area contributed by atoms with Crippen molar-refractivity contribution >= 4 is 34.1 Å². The SMILES string of the molecule is CCN(C(=O)COC(=O)CCc1c(C)nc2nc(C(F)(F)F)nn2c1C)c1cccc2ccccc12. The summed E-state index contributed by atoms with van der Waals surface area (Å²) in [6.07, 6.45) is -4.61. The van der Waals surface area contributed by atoms with Crippen LogP contribution in [0.1, 0.15) is 36.1 Å². The van der Waals surface area contributed by atoms with E-state index in [2.05, 4.69) is 15.1 Å². The fraction of sp³-hybridized carbons (Fsp3) is 0.320. The first kappa shape index (κ1) is 25.1. The van der Waals surface area contributed by atoms with Crippen LogP contribution in [0.3, 0.4) is 0 Å². The Kier molecular flexibility index (Phi) is 6.91. The minimum Gasteiger partial charge on any atom is -0.456 e. The number of hydrogen-bond donors (Lipinski definition) is 0. The van der Waals surface area contributed by atoms with Crippen molar-refractivity contribution in [3.8, 4) is 0 Å². The lowest BCUT2D eigenvalue weighted by molar-refractivity contribution is -0.147. The maximum Gasteiger partial charge on any atom is 0.453 e. The van der Waals surface area contributed by atoms with E-state index in [0.717, 1.165) is 21.0 Å². The fourth-order valence-corrected chi connectivity index (χ4v) is 4.13. The summed E-state index contributed by atoms with van der Waals surface area (Å²) in [6.45, 7) is 5.02. The van der Waals surface area contributed by atoms with E-state index in [1.807, 2.05) is 49.4 Å². The molecular weight excluding hydrogens is 475 g/mol. The number of nitrogens with zero attached hydrogens (tertiary/aromatic N) is 5. The maximum absolute atomic E-state index is 13.0. The number of ether oxygens (including phenoxy) is 1. The van der Waals surface area contributed by atoms with Crippen molar-refractivity contribution in [3.05, 3.63) is 65.2 Å². The molecule has 0 saturated carbocycles. The Bertz CT molecular complexity index is 1440. The predicted molar refractivity (Wildman–Crippen MR) is 127 cm³/mol. The highest BCUT2D eigenvalue weighted by Gasteiger charge is 2.37. The zero-order valence-electron chi connectivity index (χ0n) is 20.0. The van der Waals surface area contributed by atoms with Crippen LogP contribution in [0.5, 0.6) is 0 Å². The van der Waals surface area contributed by atoms with Crippen LogP contribution < -0.4 is 4.90 Å². The lowest BCUT2D eigenvalue weighted by atomic mass is 10.1. The second-order valence-electron chi connectivity index (χ2n) is 8.20. The molecule has 0 saturated heterocycles. The fourth-order valence-electron chi connectivity index (χ4n) is 4.13. The number of halogens is 3. The van der Waals surface area contributed by atoms with Crippen molar-refractivity contribution in [1.82, 2.24) is 19.6 Å². The summed E-state index contributed by atoms with van der Waals surface area (Å²) >= 11 is 0. The van der Waals surface area contributed by atoms with Gasteiger partial charge in [-0.3, -0.25) is 9.59 Å². The highest BCUT2D eigenvalue weighted by atomic mass is 19.4. The molecule has 8 nitrogen and oxygen atoms in total. The first-order chi connectivity index (χ1) is 17.1. The number of benzene rings is 2. The molecule has 188 valence electrons. The third-order valence-electron chi connectivity index (χ3n) is 5.91. The molecule has 2 aromatic carbocycles. The highest BCUT2D eigenvalue weighted by molar-refractivity contribution is 6.04. The Morgan fingerprint density at radius 3 is 2.50 bits per heavy atom. The molecule has 2 heterocycles. The summed E-state index contributed by atoms with van der Waals surface area (Å²) in [7, 11) is 0. The molecule has 2 aromatic heterocycles. The van der Waals surface area contributed by atoms with Crippen molar-refractivity contribution in [1.29, 1.82) is 0 Å². The minimum atomic E-state index is -4.69. The number of hydrogen-bond acceptors (Lipinski definition) is 6. The van der Waals surface area contributed by atoms with Crippen molar-refractivity contribution in [2.24, 2.45) is 0 Å².